The van der Waals surface area contributed by atoms with Gasteiger partial charge in [0, 0.05) is 44.7 Å². The molecule has 11 aromatic rings. The Balaban J connectivity index is 0.948. The van der Waals surface area contributed by atoms with E-state index >= 15 is 0 Å². The SMILES string of the molecule is CC1(C)c2c(-c3cccc(-c4ccc(N(c5ccccc5)c5ccc6c(c5)oc5c7ccccc7c7ccccc7c65)cc4)c3)cccc2-c2cccc3cccc1c23. The summed E-state index contributed by atoms with van der Waals surface area (Å²) in [6.45, 7) is 4.77. The molecule has 0 saturated carbocycles. The summed E-state index contributed by atoms with van der Waals surface area (Å²) in [5, 5.41) is 9.78. The van der Waals surface area contributed by atoms with E-state index in [1.165, 1.54) is 76.8 Å². The third kappa shape index (κ3) is 5.06. The highest BCUT2D eigenvalue weighted by Gasteiger charge is 2.35. The second-order valence-electron chi connectivity index (χ2n) is 16.4. The molecule has 278 valence electrons. The van der Waals surface area contributed by atoms with Gasteiger partial charge >= 0.3 is 0 Å². The quantitative estimate of drug-likeness (QED) is 0.163. The monoisotopic (exact) mass is 753 g/mol. The summed E-state index contributed by atoms with van der Waals surface area (Å²) in [6.07, 6.45) is 0. The van der Waals surface area contributed by atoms with E-state index in [0.29, 0.717) is 0 Å². The van der Waals surface area contributed by atoms with Crippen molar-refractivity contribution < 1.29 is 4.42 Å². The van der Waals surface area contributed by atoms with Crippen LogP contribution in [0.1, 0.15) is 25.0 Å². The van der Waals surface area contributed by atoms with Crippen LogP contribution < -0.4 is 4.90 Å². The van der Waals surface area contributed by atoms with Gasteiger partial charge in [0.25, 0.3) is 0 Å². The lowest BCUT2D eigenvalue weighted by Gasteiger charge is -2.37. The molecule has 59 heavy (non-hydrogen) atoms. The molecule has 0 saturated heterocycles. The topological polar surface area (TPSA) is 16.4 Å². The van der Waals surface area contributed by atoms with Crippen LogP contribution >= 0.6 is 0 Å². The summed E-state index contributed by atoms with van der Waals surface area (Å²) in [5.74, 6) is 0. The van der Waals surface area contributed by atoms with E-state index in [1.807, 2.05) is 0 Å². The van der Waals surface area contributed by atoms with Gasteiger partial charge in [-0.05, 0) is 114 Å². The molecule has 0 bridgehead atoms. The fourth-order valence-electron chi connectivity index (χ4n) is 10.1. The number of para-hydroxylation sites is 1. The zero-order valence-electron chi connectivity index (χ0n) is 32.9. The number of fused-ring (bicyclic) bond motifs is 10. The average molecular weight is 754 g/mol. The molecule has 2 heteroatoms. The average Bonchev–Trinajstić information content (AvgIpc) is 3.68. The minimum absolute atomic E-state index is 0.161. The van der Waals surface area contributed by atoms with Crippen LogP contribution in [0.5, 0.6) is 0 Å². The molecule has 1 aliphatic rings. The molecular weight excluding hydrogens is 715 g/mol. The molecule has 0 N–H and O–H groups in total. The largest absolute Gasteiger partial charge is 0.455 e. The van der Waals surface area contributed by atoms with Gasteiger partial charge in [0.05, 0.1) is 0 Å². The number of hydrogen-bond donors (Lipinski definition) is 0. The van der Waals surface area contributed by atoms with Gasteiger partial charge in [-0.1, -0.05) is 166 Å². The van der Waals surface area contributed by atoms with Crippen molar-refractivity contribution in [1.29, 1.82) is 0 Å². The molecule has 0 radical (unpaired) electrons. The Bertz CT molecular complexity index is 3460. The molecule has 0 aliphatic heterocycles. The molecule has 12 rings (SSSR count). The van der Waals surface area contributed by atoms with Crippen LogP contribution in [0.25, 0.3) is 87.6 Å². The van der Waals surface area contributed by atoms with Crippen LogP contribution in [0.2, 0.25) is 0 Å². The second kappa shape index (κ2) is 12.8. The van der Waals surface area contributed by atoms with Crippen molar-refractivity contribution >= 4 is 71.3 Å². The van der Waals surface area contributed by atoms with Gasteiger partial charge < -0.3 is 9.32 Å². The van der Waals surface area contributed by atoms with Gasteiger partial charge in [0.2, 0.25) is 0 Å². The van der Waals surface area contributed by atoms with Gasteiger partial charge in [-0.15, -0.1) is 0 Å². The Morgan fingerprint density at radius 3 is 1.81 bits per heavy atom. The molecule has 1 aliphatic carbocycles. The Morgan fingerprint density at radius 2 is 1.00 bits per heavy atom. The lowest BCUT2D eigenvalue weighted by molar-refractivity contribution is 0.647. The molecule has 1 aromatic heterocycles. The van der Waals surface area contributed by atoms with Crippen molar-refractivity contribution in [3.63, 3.8) is 0 Å². The van der Waals surface area contributed by atoms with Crippen LogP contribution in [0.3, 0.4) is 0 Å². The van der Waals surface area contributed by atoms with Crippen molar-refractivity contribution in [3.8, 4) is 33.4 Å². The maximum atomic E-state index is 6.81. The van der Waals surface area contributed by atoms with E-state index in [0.717, 1.165) is 39.0 Å². The maximum absolute atomic E-state index is 6.81. The molecular formula is C57H39NO. The van der Waals surface area contributed by atoms with E-state index in [2.05, 4.69) is 219 Å². The van der Waals surface area contributed by atoms with Gasteiger partial charge in [0.15, 0.2) is 0 Å². The van der Waals surface area contributed by atoms with Crippen molar-refractivity contribution in [2.75, 3.05) is 4.90 Å². The fraction of sp³-hybridized carbons (Fsp3) is 0.0526. The zero-order valence-corrected chi connectivity index (χ0v) is 32.9. The predicted molar refractivity (Wildman–Crippen MR) is 249 cm³/mol. The van der Waals surface area contributed by atoms with Crippen LogP contribution in [0.4, 0.5) is 17.1 Å². The normalized spacial score (nSPS) is 13.1. The highest BCUT2D eigenvalue weighted by atomic mass is 16.3. The summed E-state index contributed by atoms with van der Waals surface area (Å²) < 4.78 is 6.81. The lowest BCUT2D eigenvalue weighted by Crippen LogP contribution is -2.24. The minimum atomic E-state index is -0.161. The van der Waals surface area contributed by atoms with E-state index < -0.39 is 0 Å². The van der Waals surface area contributed by atoms with E-state index in [9.17, 15) is 0 Å². The summed E-state index contributed by atoms with van der Waals surface area (Å²) in [6, 6.07) is 72.9. The Labute approximate surface area is 343 Å². The zero-order chi connectivity index (χ0) is 39.2. The van der Waals surface area contributed by atoms with E-state index in [4.69, 9.17) is 4.42 Å². The second-order valence-corrected chi connectivity index (χ2v) is 16.4. The lowest BCUT2D eigenvalue weighted by atomic mass is 9.66. The number of nitrogens with zero attached hydrogens (tertiary/aromatic N) is 1. The highest BCUT2D eigenvalue weighted by molar-refractivity contribution is 6.30. The molecule has 0 fully saturated rings. The van der Waals surface area contributed by atoms with Gasteiger partial charge in [-0.2, -0.15) is 0 Å². The van der Waals surface area contributed by atoms with Gasteiger partial charge in [0.1, 0.15) is 11.2 Å². The predicted octanol–water partition coefficient (Wildman–Crippen LogP) is 16.2. The first-order valence-electron chi connectivity index (χ1n) is 20.5. The molecule has 0 unspecified atom stereocenters. The third-order valence-electron chi connectivity index (χ3n) is 12.8. The van der Waals surface area contributed by atoms with Crippen molar-refractivity contribution in [2.24, 2.45) is 0 Å². The molecule has 0 amide bonds. The standard InChI is InChI=1S/C57H39NO/c1-57(2)51-27-12-15-37-14-11-25-47(53(37)51)48-26-13-24-43(55(48)57)39-17-10-16-38(34-39)36-28-30-41(31-29-36)58(40-18-4-3-5-19-40)42-32-33-50-52(35-42)59-56-49-23-9-7-21-45(49)44-20-6-8-22-46(44)54(50)56/h3-35H,1-2H3. The van der Waals surface area contributed by atoms with Crippen molar-refractivity contribution in [3.05, 3.63) is 211 Å². The Kier molecular flexibility index (Phi) is 7.31. The van der Waals surface area contributed by atoms with Gasteiger partial charge in [-0.3, -0.25) is 0 Å². The van der Waals surface area contributed by atoms with E-state index in [-0.39, 0.29) is 5.41 Å². The molecule has 0 atom stereocenters. The van der Waals surface area contributed by atoms with Crippen molar-refractivity contribution in [2.45, 2.75) is 19.3 Å². The first-order chi connectivity index (χ1) is 29.0. The number of hydrogen-bond acceptors (Lipinski definition) is 2. The first kappa shape index (κ1) is 33.7. The van der Waals surface area contributed by atoms with Crippen LogP contribution in [-0.2, 0) is 5.41 Å². The first-order valence-corrected chi connectivity index (χ1v) is 20.5. The van der Waals surface area contributed by atoms with Crippen molar-refractivity contribution in [1.82, 2.24) is 0 Å². The van der Waals surface area contributed by atoms with Crippen LogP contribution in [0.15, 0.2) is 205 Å². The summed E-state index contributed by atoms with van der Waals surface area (Å²) >= 11 is 0. The molecule has 1 heterocycles. The fourth-order valence-corrected chi connectivity index (χ4v) is 10.1. The summed E-state index contributed by atoms with van der Waals surface area (Å²) in [4.78, 5) is 2.32. The molecule has 2 nitrogen and oxygen atoms in total. The maximum Gasteiger partial charge on any atom is 0.143 e. The van der Waals surface area contributed by atoms with Gasteiger partial charge in [-0.25, -0.2) is 0 Å². The van der Waals surface area contributed by atoms with Crippen LogP contribution in [-0.4, -0.2) is 0 Å². The summed E-state index contributed by atoms with van der Waals surface area (Å²) in [5.41, 5.74) is 15.2. The third-order valence-corrected chi connectivity index (χ3v) is 12.8. The van der Waals surface area contributed by atoms with E-state index in [1.54, 1.807) is 0 Å². The van der Waals surface area contributed by atoms with Crippen LogP contribution in [0, 0.1) is 0 Å². The Morgan fingerprint density at radius 1 is 0.390 bits per heavy atom. The summed E-state index contributed by atoms with van der Waals surface area (Å²) in [7, 11) is 0. The molecule has 0 spiro atoms. The minimum Gasteiger partial charge on any atom is -0.455 e. The number of furan rings is 1. The smallest absolute Gasteiger partial charge is 0.143 e. The Hall–Kier alpha value is -7.42. The molecule has 10 aromatic carbocycles. The number of rotatable bonds is 5. The number of benzene rings is 10. The highest BCUT2D eigenvalue weighted by Crippen LogP contribution is 2.52. The number of anilines is 3.